The maximum Gasteiger partial charge on any atom is 2.00 e. The van der Waals surface area contributed by atoms with Crippen molar-refractivity contribution in [2.24, 2.45) is 0 Å². The summed E-state index contributed by atoms with van der Waals surface area (Å²) in [7, 11) is 0. The Kier molecular flexibility index (Phi) is 14.1. The van der Waals surface area contributed by atoms with Crippen molar-refractivity contribution < 1.29 is 17.1 Å². The number of ether oxygens (including phenoxy) is 1. The van der Waals surface area contributed by atoms with Crippen molar-refractivity contribution in [1.29, 1.82) is 0 Å². The van der Waals surface area contributed by atoms with E-state index in [9.17, 15) is 0 Å². The van der Waals surface area contributed by atoms with Crippen LogP contribution in [0.25, 0.3) is 0 Å². The van der Waals surface area contributed by atoms with E-state index < -0.39 is 0 Å². The van der Waals surface area contributed by atoms with Gasteiger partial charge in [-0.1, -0.05) is 0 Å². The smallest absolute Gasteiger partial charge is 1.00 e. The molecule has 64 valence electrons. The number of rotatable bonds is 0. The first kappa shape index (κ1) is 14.9. The van der Waals surface area contributed by atoms with Crippen molar-refractivity contribution >= 4 is 23.1 Å². The number of halogens is 1. The van der Waals surface area contributed by atoms with E-state index in [1.54, 1.807) is 0 Å². The molecule has 1 aromatic rings. The zero-order valence-corrected chi connectivity index (χ0v) is 9.38. The Morgan fingerprint density at radius 1 is 1.00 bits per heavy atom. The summed E-state index contributed by atoms with van der Waals surface area (Å²) in [4.78, 5) is 0. The normalized spacial score (nSPS) is 13.3. The summed E-state index contributed by atoms with van der Waals surface area (Å²) in [5.41, 5.74) is 0. The van der Waals surface area contributed by atoms with Crippen molar-refractivity contribution in [2.45, 2.75) is 12.8 Å². The fraction of sp³-hybridized carbons (Fsp3) is 0.444. The van der Waals surface area contributed by atoms with Gasteiger partial charge in [-0.25, -0.2) is 12.1 Å². The maximum absolute atomic E-state index is 4.94. The molecule has 1 aliphatic rings. The summed E-state index contributed by atoms with van der Waals surface area (Å²) >= 11 is 0. The minimum Gasteiger partial charge on any atom is -1.00 e. The van der Waals surface area contributed by atoms with Gasteiger partial charge in [0, 0.05) is 13.2 Å². The van der Waals surface area contributed by atoms with Gasteiger partial charge in [-0.3, -0.25) is 0 Å². The molecule has 0 N–H and O–H groups in total. The van der Waals surface area contributed by atoms with Gasteiger partial charge >= 0.3 is 23.1 Å². The van der Waals surface area contributed by atoms with Crippen LogP contribution in [0.15, 0.2) is 30.3 Å². The van der Waals surface area contributed by atoms with Crippen molar-refractivity contribution in [3.05, 3.63) is 30.3 Å². The summed E-state index contributed by atoms with van der Waals surface area (Å²) in [5, 5.41) is 0. The molecular formula is C9H13ClMgO. The van der Waals surface area contributed by atoms with Crippen LogP contribution in [0.1, 0.15) is 12.8 Å². The SMILES string of the molecule is C1CCOC1.[Cl-].[Mg+2].c1cc[cH-]c1. The minimum atomic E-state index is 0. The molecule has 0 spiro atoms. The molecule has 12 heavy (non-hydrogen) atoms. The van der Waals surface area contributed by atoms with Gasteiger partial charge < -0.3 is 17.1 Å². The molecule has 0 amide bonds. The molecule has 2 rings (SSSR count). The molecule has 0 radical (unpaired) electrons. The van der Waals surface area contributed by atoms with Crippen LogP contribution in [-0.2, 0) is 4.74 Å². The summed E-state index contributed by atoms with van der Waals surface area (Å²) in [5.74, 6) is 0. The Balaban J connectivity index is 0. The first-order valence-corrected chi connectivity index (χ1v) is 3.74. The molecule has 1 aliphatic heterocycles. The van der Waals surface area contributed by atoms with Crippen molar-refractivity contribution in [3.8, 4) is 0 Å². The third-order valence-corrected chi connectivity index (χ3v) is 1.38. The second-order valence-corrected chi connectivity index (χ2v) is 2.28. The quantitative estimate of drug-likeness (QED) is 0.376. The van der Waals surface area contributed by atoms with E-state index in [0.29, 0.717) is 0 Å². The average molecular weight is 197 g/mol. The van der Waals surface area contributed by atoms with Gasteiger partial charge in [0.05, 0.1) is 0 Å². The third kappa shape index (κ3) is 8.46. The van der Waals surface area contributed by atoms with E-state index in [0.717, 1.165) is 13.2 Å². The van der Waals surface area contributed by atoms with Crippen molar-refractivity contribution in [1.82, 2.24) is 0 Å². The molecule has 0 atom stereocenters. The van der Waals surface area contributed by atoms with Crippen LogP contribution in [0.5, 0.6) is 0 Å². The molecule has 1 nitrogen and oxygen atoms in total. The average Bonchev–Trinajstić information content (AvgIpc) is 2.67. The van der Waals surface area contributed by atoms with Gasteiger partial charge in [0.2, 0.25) is 0 Å². The van der Waals surface area contributed by atoms with E-state index in [4.69, 9.17) is 4.74 Å². The molecule has 1 fully saturated rings. The Labute approximate surface area is 96.4 Å². The summed E-state index contributed by atoms with van der Waals surface area (Å²) in [6, 6.07) is 10.0. The zero-order chi connectivity index (χ0) is 7.07. The fourth-order valence-electron chi connectivity index (χ4n) is 0.831. The second kappa shape index (κ2) is 11.4. The molecule has 1 saturated heterocycles. The monoisotopic (exact) mass is 196 g/mol. The van der Waals surface area contributed by atoms with Gasteiger partial charge in [0.25, 0.3) is 0 Å². The van der Waals surface area contributed by atoms with E-state index in [1.807, 2.05) is 30.3 Å². The van der Waals surface area contributed by atoms with Crippen LogP contribution >= 0.6 is 0 Å². The van der Waals surface area contributed by atoms with Gasteiger partial charge in [0.15, 0.2) is 0 Å². The molecule has 0 unspecified atom stereocenters. The molecule has 1 heterocycles. The van der Waals surface area contributed by atoms with Crippen molar-refractivity contribution in [2.75, 3.05) is 13.2 Å². The van der Waals surface area contributed by atoms with Gasteiger partial charge in [-0.2, -0.15) is 18.2 Å². The van der Waals surface area contributed by atoms with Gasteiger partial charge in [-0.15, -0.1) is 0 Å². The topological polar surface area (TPSA) is 9.23 Å². The van der Waals surface area contributed by atoms with E-state index in [2.05, 4.69) is 0 Å². The summed E-state index contributed by atoms with van der Waals surface area (Å²) in [6.45, 7) is 2.00. The van der Waals surface area contributed by atoms with Gasteiger partial charge in [-0.05, 0) is 12.8 Å². The third-order valence-electron chi connectivity index (χ3n) is 1.38. The summed E-state index contributed by atoms with van der Waals surface area (Å²) in [6.07, 6.45) is 2.56. The van der Waals surface area contributed by atoms with Crippen LogP contribution in [0.3, 0.4) is 0 Å². The van der Waals surface area contributed by atoms with Gasteiger partial charge in [0.1, 0.15) is 0 Å². The van der Waals surface area contributed by atoms with Crippen LogP contribution in [-0.4, -0.2) is 36.3 Å². The molecule has 0 bridgehead atoms. The fourth-order valence-corrected chi connectivity index (χ4v) is 0.831. The molecule has 1 aromatic carbocycles. The standard InChI is InChI=1S/C5H5.C4H8O.ClH.Mg/c2*1-2-4-5-3-1;;/h1-5H;1-4H2;1H;/q-1;;;+2/p-1. The first-order chi connectivity index (χ1) is 5.00. The molecule has 0 saturated carbocycles. The van der Waals surface area contributed by atoms with Crippen LogP contribution in [0.4, 0.5) is 0 Å². The Morgan fingerprint density at radius 3 is 1.67 bits per heavy atom. The number of hydrogen-bond donors (Lipinski definition) is 0. The summed E-state index contributed by atoms with van der Waals surface area (Å²) < 4.78 is 4.94. The molecule has 3 heteroatoms. The zero-order valence-electron chi connectivity index (χ0n) is 7.21. The molecular weight excluding hydrogens is 184 g/mol. The predicted molar refractivity (Wildman–Crippen MR) is 47.8 cm³/mol. The van der Waals surface area contributed by atoms with Crippen LogP contribution in [0.2, 0.25) is 0 Å². The largest absolute Gasteiger partial charge is 2.00 e. The predicted octanol–water partition coefficient (Wildman–Crippen LogP) is -1.17. The van der Waals surface area contributed by atoms with E-state index in [1.165, 1.54) is 12.8 Å². The minimum absolute atomic E-state index is 0. The Hall–Kier alpha value is 0.366. The second-order valence-electron chi connectivity index (χ2n) is 2.28. The van der Waals surface area contributed by atoms with E-state index in [-0.39, 0.29) is 35.5 Å². The van der Waals surface area contributed by atoms with Crippen molar-refractivity contribution in [3.63, 3.8) is 0 Å². The Bertz CT molecular complexity index is 113. The van der Waals surface area contributed by atoms with Crippen LogP contribution in [0, 0.1) is 0 Å². The van der Waals surface area contributed by atoms with E-state index >= 15 is 0 Å². The molecule has 0 aromatic heterocycles. The number of hydrogen-bond acceptors (Lipinski definition) is 1. The molecule has 0 aliphatic carbocycles. The first-order valence-electron chi connectivity index (χ1n) is 3.74. The van der Waals surface area contributed by atoms with Crippen LogP contribution < -0.4 is 12.4 Å². The Morgan fingerprint density at radius 2 is 1.50 bits per heavy atom. The maximum atomic E-state index is 4.94.